The standard InChI is InChI=1S/C15H21NO3S/c17-14(9-12-2-8-20-11-12)16-13-1-5-19-15(10-13)3-6-18-7-4-15/h2,8,11,13H,1,3-7,9-10H2,(H,16,17)/t13-/m1/s1. The first-order chi connectivity index (χ1) is 9.76. The van der Waals surface area contributed by atoms with Crippen LogP contribution in [0.15, 0.2) is 16.8 Å². The Labute approximate surface area is 123 Å². The average Bonchev–Trinajstić information content (AvgIpc) is 2.92. The van der Waals surface area contributed by atoms with E-state index >= 15 is 0 Å². The van der Waals surface area contributed by atoms with Crippen molar-refractivity contribution in [2.75, 3.05) is 19.8 Å². The number of carbonyl (C=O) groups excluding carboxylic acids is 1. The topological polar surface area (TPSA) is 47.6 Å². The maximum Gasteiger partial charge on any atom is 0.224 e. The second kappa shape index (κ2) is 6.24. The summed E-state index contributed by atoms with van der Waals surface area (Å²) in [5.74, 6) is 0.123. The maximum absolute atomic E-state index is 12.1. The molecule has 1 atom stereocenters. The normalized spacial score (nSPS) is 25.5. The monoisotopic (exact) mass is 295 g/mol. The first-order valence-electron chi connectivity index (χ1n) is 7.28. The lowest BCUT2D eigenvalue weighted by Gasteiger charge is -2.43. The van der Waals surface area contributed by atoms with Crippen molar-refractivity contribution in [3.8, 4) is 0 Å². The minimum Gasteiger partial charge on any atom is -0.381 e. The third-order valence-electron chi connectivity index (χ3n) is 4.21. The third-order valence-corrected chi connectivity index (χ3v) is 4.94. The zero-order chi connectivity index (χ0) is 13.8. The first-order valence-corrected chi connectivity index (χ1v) is 8.22. The van der Waals surface area contributed by atoms with E-state index in [1.165, 1.54) is 0 Å². The van der Waals surface area contributed by atoms with Crippen molar-refractivity contribution in [3.05, 3.63) is 22.4 Å². The van der Waals surface area contributed by atoms with Gasteiger partial charge in [0.2, 0.25) is 5.91 Å². The van der Waals surface area contributed by atoms with Crippen LogP contribution >= 0.6 is 11.3 Å². The smallest absolute Gasteiger partial charge is 0.224 e. The summed E-state index contributed by atoms with van der Waals surface area (Å²) >= 11 is 1.63. The number of hydrogen-bond donors (Lipinski definition) is 1. The van der Waals surface area contributed by atoms with Crippen LogP contribution in [-0.2, 0) is 20.7 Å². The number of carbonyl (C=O) groups is 1. The quantitative estimate of drug-likeness (QED) is 0.929. The van der Waals surface area contributed by atoms with E-state index in [0.29, 0.717) is 6.42 Å². The highest BCUT2D eigenvalue weighted by Crippen LogP contribution is 2.34. The molecule has 0 unspecified atom stereocenters. The van der Waals surface area contributed by atoms with Crippen LogP contribution in [0.4, 0.5) is 0 Å². The zero-order valence-electron chi connectivity index (χ0n) is 11.6. The molecule has 4 nitrogen and oxygen atoms in total. The van der Waals surface area contributed by atoms with Gasteiger partial charge in [-0.05, 0) is 48.1 Å². The first kappa shape index (κ1) is 14.0. The Hall–Kier alpha value is -0.910. The van der Waals surface area contributed by atoms with Gasteiger partial charge in [0.25, 0.3) is 0 Å². The molecule has 0 bridgehead atoms. The summed E-state index contributed by atoms with van der Waals surface area (Å²) in [6.07, 6.45) is 4.22. The molecule has 20 heavy (non-hydrogen) atoms. The van der Waals surface area contributed by atoms with E-state index < -0.39 is 0 Å². The van der Waals surface area contributed by atoms with Gasteiger partial charge in [-0.25, -0.2) is 0 Å². The predicted molar refractivity (Wildman–Crippen MR) is 77.9 cm³/mol. The number of amides is 1. The van der Waals surface area contributed by atoms with Crippen LogP contribution in [0.25, 0.3) is 0 Å². The predicted octanol–water partition coefficient (Wildman–Crippen LogP) is 2.13. The van der Waals surface area contributed by atoms with Crippen LogP contribution < -0.4 is 5.32 Å². The van der Waals surface area contributed by atoms with Gasteiger partial charge in [-0.15, -0.1) is 0 Å². The van der Waals surface area contributed by atoms with E-state index in [-0.39, 0.29) is 17.6 Å². The van der Waals surface area contributed by atoms with E-state index in [1.807, 2.05) is 16.8 Å². The Morgan fingerprint density at radius 3 is 3.00 bits per heavy atom. The van der Waals surface area contributed by atoms with E-state index in [9.17, 15) is 4.79 Å². The van der Waals surface area contributed by atoms with Crippen LogP contribution in [0, 0.1) is 0 Å². The molecule has 0 aromatic carbocycles. The lowest BCUT2D eigenvalue weighted by molar-refractivity contribution is -0.143. The second-order valence-electron chi connectivity index (χ2n) is 5.71. The highest BCUT2D eigenvalue weighted by molar-refractivity contribution is 7.07. The molecule has 0 aliphatic carbocycles. The van der Waals surface area contributed by atoms with E-state index in [4.69, 9.17) is 9.47 Å². The molecule has 2 saturated heterocycles. The van der Waals surface area contributed by atoms with Crippen LogP contribution in [0.5, 0.6) is 0 Å². The van der Waals surface area contributed by atoms with Gasteiger partial charge in [-0.3, -0.25) is 4.79 Å². The van der Waals surface area contributed by atoms with Crippen molar-refractivity contribution in [1.82, 2.24) is 5.32 Å². The van der Waals surface area contributed by atoms with Gasteiger partial charge in [0, 0.05) is 25.9 Å². The lowest BCUT2D eigenvalue weighted by Crippen LogP contribution is -2.51. The summed E-state index contributed by atoms with van der Waals surface area (Å²) in [6, 6.07) is 2.25. The largest absolute Gasteiger partial charge is 0.381 e. The molecule has 3 rings (SSSR count). The molecular formula is C15H21NO3S. The Balaban J connectivity index is 1.53. The molecule has 1 aromatic rings. The fourth-order valence-corrected chi connectivity index (χ4v) is 3.77. The number of hydrogen-bond acceptors (Lipinski definition) is 4. The molecule has 0 radical (unpaired) electrons. The molecule has 0 saturated carbocycles. The zero-order valence-corrected chi connectivity index (χ0v) is 12.4. The molecule has 1 N–H and O–H groups in total. The van der Waals surface area contributed by atoms with Crippen molar-refractivity contribution in [2.24, 2.45) is 0 Å². The summed E-state index contributed by atoms with van der Waals surface area (Å²) in [5.41, 5.74) is 1.04. The fourth-order valence-electron chi connectivity index (χ4n) is 3.10. The lowest BCUT2D eigenvalue weighted by atomic mass is 9.84. The van der Waals surface area contributed by atoms with Crippen molar-refractivity contribution < 1.29 is 14.3 Å². The summed E-state index contributed by atoms with van der Waals surface area (Å²) in [6.45, 7) is 2.29. The van der Waals surface area contributed by atoms with Gasteiger partial charge in [0.15, 0.2) is 0 Å². The van der Waals surface area contributed by atoms with Gasteiger partial charge in [0.05, 0.1) is 12.0 Å². The van der Waals surface area contributed by atoms with Crippen molar-refractivity contribution >= 4 is 17.2 Å². The average molecular weight is 295 g/mol. The second-order valence-corrected chi connectivity index (χ2v) is 6.49. The van der Waals surface area contributed by atoms with Gasteiger partial charge in [-0.2, -0.15) is 11.3 Å². The van der Waals surface area contributed by atoms with Crippen LogP contribution in [0.2, 0.25) is 0 Å². The Morgan fingerprint density at radius 1 is 1.40 bits per heavy atom. The van der Waals surface area contributed by atoms with Crippen molar-refractivity contribution in [1.29, 1.82) is 0 Å². The third kappa shape index (κ3) is 3.40. The molecular weight excluding hydrogens is 274 g/mol. The van der Waals surface area contributed by atoms with Crippen LogP contribution in [0.1, 0.15) is 31.2 Å². The molecule has 2 aliphatic heterocycles. The molecule has 110 valence electrons. The van der Waals surface area contributed by atoms with E-state index in [2.05, 4.69) is 5.32 Å². The fraction of sp³-hybridized carbons (Fsp3) is 0.667. The Kier molecular flexibility index (Phi) is 4.38. The molecule has 2 aliphatic rings. The van der Waals surface area contributed by atoms with Gasteiger partial charge < -0.3 is 14.8 Å². The minimum atomic E-state index is -0.0587. The molecule has 2 fully saturated rings. The van der Waals surface area contributed by atoms with Crippen molar-refractivity contribution in [2.45, 2.75) is 43.7 Å². The minimum absolute atomic E-state index is 0.0587. The highest BCUT2D eigenvalue weighted by atomic mass is 32.1. The molecule has 5 heteroatoms. The number of nitrogens with one attached hydrogen (secondary N) is 1. The van der Waals surface area contributed by atoms with Gasteiger partial charge in [0.1, 0.15) is 0 Å². The summed E-state index contributed by atoms with van der Waals surface area (Å²) in [7, 11) is 0. The van der Waals surface area contributed by atoms with Gasteiger partial charge >= 0.3 is 0 Å². The van der Waals surface area contributed by atoms with Crippen molar-refractivity contribution in [3.63, 3.8) is 0 Å². The molecule has 1 amide bonds. The number of rotatable bonds is 3. The summed E-state index contributed by atoms with van der Waals surface area (Å²) in [5, 5.41) is 7.21. The number of thiophene rings is 1. The molecule has 3 heterocycles. The van der Waals surface area contributed by atoms with E-state index in [0.717, 1.165) is 51.1 Å². The highest BCUT2D eigenvalue weighted by Gasteiger charge is 2.39. The van der Waals surface area contributed by atoms with Gasteiger partial charge in [-0.1, -0.05) is 0 Å². The summed E-state index contributed by atoms with van der Waals surface area (Å²) in [4.78, 5) is 12.1. The maximum atomic E-state index is 12.1. The Morgan fingerprint density at radius 2 is 2.25 bits per heavy atom. The van der Waals surface area contributed by atoms with Crippen LogP contribution in [-0.4, -0.2) is 37.4 Å². The SMILES string of the molecule is O=C(Cc1ccsc1)N[C@@H]1CCOC2(CCOCC2)C1. The molecule has 1 spiro atoms. The van der Waals surface area contributed by atoms with E-state index in [1.54, 1.807) is 11.3 Å². The Bertz CT molecular complexity index is 434. The molecule has 1 aromatic heterocycles. The summed E-state index contributed by atoms with van der Waals surface area (Å²) < 4.78 is 11.4. The number of ether oxygens (including phenoxy) is 2. The van der Waals surface area contributed by atoms with Crippen LogP contribution in [0.3, 0.4) is 0 Å².